The highest BCUT2D eigenvalue weighted by Crippen LogP contribution is 2.24. The molecule has 0 bridgehead atoms. The summed E-state index contributed by atoms with van der Waals surface area (Å²) in [5.74, 6) is -0.185. The van der Waals surface area contributed by atoms with Gasteiger partial charge in [0.25, 0.3) is 0 Å². The number of likely N-dealkylation sites (N-methyl/N-ethyl adjacent to an activating group) is 1. The lowest BCUT2D eigenvalue weighted by atomic mass is 10.0. The summed E-state index contributed by atoms with van der Waals surface area (Å²) >= 11 is 0. The Balaban J connectivity index is 2.08. The molecule has 0 spiro atoms. The van der Waals surface area contributed by atoms with E-state index in [1.165, 1.54) is 0 Å². The Morgan fingerprint density at radius 3 is 3.00 bits per heavy atom. The fourth-order valence-corrected chi connectivity index (χ4v) is 2.37. The first-order chi connectivity index (χ1) is 9.63. The number of aromatic nitrogens is 1. The molecule has 2 heterocycles. The van der Waals surface area contributed by atoms with Crippen molar-refractivity contribution < 1.29 is 9.53 Å². The number of hydrogen-bond donors (Lipinski definition) is 2. The number of hydrogen-bond acceptors (Lipinski definition) is 5. The second-order valence-corrected chi connectivity index (χ2v) is 5.08. The lowest BCUT2D eigenvalue weighted by Crippen LogP contribution is -2.41. The average Bonchev–Trinajstić information content (AvgIpc) is 2.88. The van der Waals surface area contributed by atoms with E-state index in [0.717, 1.165) is 17.9 Å². The van der Waals surface area contributed by atoms with Crippen molar-refractivity contribution in [3.8, 4) is 0 Å². The number of nitrogens with one attached hydrogen (secondary N) is 2. The van der Waals surface area contributed by atoms with Gasteiger partial charge in [-0.2, -0.15) is 0 Å². The monoisotopic (exact) mass is 278 g/mol. The summed E-state index contributed by atoms with van der Waals surface area (Å²) in [4.78, 5) is 18.4. The molecule has 1 aliphatic heterocycles. The smallest absolute Gasteiger partial charge is 0.231 e. The molecule has 1 saturated heterocycles. The van der Waals surface area contributed by atoms with Crippen molar-refractivity contribution >= 4 is 17.3 Å². The Morgan fingerprint density at radius 2 is 2.30 bits per heavy atom. The quantitative estimate of drug-likeness (QED) is 0.830. The van der Waals surface area contributed by atoms with E-state index in [1.54, 1.807) is 12.4 Å². The second kappa shape index (κ2) is 6.67. The predicted octanol–water partition coefficient (Wildman–Crippen LogP) is 0.711. The molecule has 110 valence electrons. The number of ether oxygens (including phenoxy) is 1. The van der Waals surface area contributed by atoms with E-state index in [9.17, 15) is 4.79 Å². The van der Waals surface area contributed by atoms with Crippen LogP contribution in [-0.2, 0) is 9.53 Å². The minimum atomic E-state index is -0.162. The van der Waals surface area contributed by atoms with Crippen molar-refractivity contribution in [2.75, 3.05) is 44.1 Å². The highest BCUT2D eigenvalue weighted by Gasteiger charge is 2.33. The molecule has 1 aliphatic rings. The molecule has 0 radical (unpaired) electrons. The molecular formula is C14H22N4O2. The Morgan fingerprint density at radius 1 is 1.50 bits per heavy atom. The number of anilines is 2. The van der Waals surface area contributed by atoms with E-state index >= 15 is 0 Å². The fraction of sp³-hybridized carbons (Fsp3) is 0.571. The van der Waals surface area contributed by atoms with Crippen LogP contribution in [0.2, 0.25) is 0 Å². The minimum Gasteiger partial charge on any atom is -0.379 e. The largest absolute Gasteiger partial charge is 0.379 e. The molecule has 6 nitrogen and oxygen atoms in total. The van der Waals surface area contributed by atoms with Gasteiger partial charge in [0.2, 0.25) is 5.91 Å². The molecule has 0 aliphatic carbocycles. The molecular weight excluding hydrogens is 256 g/mol. The van der Waals surface area contributed by atoms with Crippen molar-refractivity contribution in [2.24, 2.45) is 5.92 Å². The second-order valence-electron chi connectivity index (χ2n) is 5.08. The number of amides is 1. The van der Waals surface area contributed by atoms with Gasteiger partial charge in [-0.05, 0) is 12.6 Å². The van der Waals surface area contributed by atoms with Crippen LogP contribution in [0.4, 0.5) is 11.4 Å². The number of carbonyl (C=O) groups is 1. The van der Waals surface area contributed by atoms with Gasteiger partial charge >= 0.3 is 0 Å². The van der Waals surface area contributed by atoms with Crippen molar-refractivity contribution in [1.82, 2.24) is 10.3 Å². The zero-order chi connectivity index (χ0) is 14.5. The van der Waals surface area contributed by atoms with Crippen LogP contribution >= 0.6 is 0 Å². The summed E-state index contributed by atoms with van der Waals surface area (Å²) in [5.41, 5.74) is 1.66. The zero-order valence-electron chi connectivity index (χ0n) is 12.2. The first-order valence-corrected chi connectivity index (χ1v) is 6.86. The molecule has 6 heteroatoms. The highest BCUT2D eigenvalue weighted by atomic mass is 16.5. The van der Waals surface area contributed by atoms with Crippen LogP contribution in [0.1, 0.15) is 6.92 Å². The summed E-state index contributed by atoms with van der Waals surface area (Å²) < 4.78 is 5.41. The lowest BCUT2D eigenvalue weighted by Gasteiger charge is -2.21. The van der Waals surface area contributed by atoms with E-state index in [0.29, 0.717) is 13.2 Å². The Kier molecular flexibility index (Phi) is 4.92. The molecule has 2 rings (SSSR count). The maximum absolute atomic E-state index is 12.4. The van der Waals surface area contributed by atoms with Gasteiger partial charge in [0, 0.05) is 26.3 Å². The van der Waals surface area contributed by atoms with E-state index < -0.39 is 0 Å². The van der Waals surface area contributed by atoms with Crippen LogP contribution in [0.3, 0.4) is 0 Å². The Hall–Kier alpha value is -1.66. The molecule has 0 aromatic carbocycles. The lowest BCUT2D eigenvalue weighted by molar-refractivity contribution is -0.120. The first kappa shape index (κ1) is 14.7. The van der Waals surface area contributed by atoms with Crippen molar-refractivity contribution in [3.63, 3.8) is 0 Å². The van der Waals surface area contributed by atoms with Crippen LogP contribution in [0, 0.1) is 5.92 Å². The SMILES string of the molecule is CCNC1COCC1C(=O)Nc1cnccc1N(C)C. The Bertz CT molecular complexity index is 464. The molecule has 1 amide bonds. The molecule has 2 unspecified atom stereocenters. The molecule has 1 fully saturated rings. The van der Waals surface area contributed by atoms with Gasteiger partial charge in [-0.25, -0.2) is 0 Å². The maximum Gasteiger partial charge on any atom is 0.231 e. The maximum atomic E-state index is 12.4. The molecule has 2 N–H and O–H groups in total. The summed E-state index contributed by atoms with van der Waals surface area (Å²) in [6, 6.07) is 1.96. The number of nitrogens with zero attached hydrogens (tertiary/aromatic N) is 2. The Labute approximate surface area is 119 Å². The first-order valence-electron chi connectivity index (χ1n) is 6.86. The van der Waals surface area contributed by atoms with Crippen molar-refractivity contribution in [3.05, 3.63) is 18.5 Å². The number of carbonyl (C=O) groups excluding carboxylic acids is 1. The summed E-state index contributed by atoms with van der Waals surface area (Å²) in [5, 5.41) is 6.25. The van der Waals surface area contributed by atoms with Crippen LogP contribution in [-0.4, -0.2) is 50.8 Å². The van der Waals surface area contributed by atoms with Crippen LogP contribution in [0.5, 0.6) is 0 Å². The number of pyridine rings is 1. The van der Waals surface area contributed by atoms with Gasteiger partial charge in [0.05, 0.1) is 36.7 Å². The van der Waals surface area contributed by atoms with E-state index in [-0.39, 0.29) is 17.9 Å². The summed E-state index contributed by atoms with van der Waals surface area (Å²) in [7, 11) is 3.87. The zero-order valence-corrected chi connectivity index (χ0v) is 12.2. The average molecular weight is 278 g/mol. The molecule has 0 saturated carbocycles. The van der Waals surface area contributed by atoms with Gasteiger partial charge in [0.15, 0.2) is 0 Å². The third kappa shape index (κ3) is 3.26. The van der Waals surface area contributed by atoms with Crippen LogP contribution in [0.15, 0.2) is 18.5 Å². The third-order valence-corrected chi connectivity index (χ3v) is 3.42. The summed E-state index contributed by atoms with van der Waals surface area (Å²) in [6.07, 6.45) is 3.39. The highest BCUT2D eigenvalue weighted by molar-refractivity contribution is 5.96. The van der Waals surface area contributed by atoms with Crippen molar-refractivity contribution in [1.29, 1.82) is 0 Å². The minimum absolute atomic E-state index is 0.0236. The topological polar surface area (TPSA) is 66.5 Å². The molecule has 1 aromatic heterocycles. The molecule has 2 atom stereocenters. The van der Waals surface area contributed by atoms with E-state index in [2.05, 4.69) is 15.6 Å². The van der Waals surface area contributed by atoms with Gasteiger partial charge in [-0.1, -0.05) is 6.92 Å². The fourth-order valence-electron chi connectivity index (χ4n) is 2.37. The molecule has 20 heavy (non-hydrogen) atoms. The predicted molar refractivity (Wildman–Crippen MR) is 79.0 cm³/mol. The summed E-state index contributed by atoms with van der Waals surface area (Å²) in [6.45, 7) is 3.90. The van der Waals surface area contributed by atoms with E-state index in [4.69, 9.17) is 4.74 Å². The van der Waals surface area contributed by atoms with Gasteiger partial charge in [-0.3, -0.25) is 9.78 Å². The number of rotatable bonds is 5. The van der Waals surface area contributed by atoms with Gasteiger partial charge in [-0.15, -0.1) is 0 Å². The molecule has 1 aromatic rings. The standard InChI is InChI=1S/C14H22N4O2/c1-4-16-12-9-20-8-10(12)14(19)17-11-7-15-6-5-13(11)18(2)3/h5-7,10,12,16H,4,8-9H2,1-3H3,(H,17,19). The van der Waals surface area contributed by atoms with Gasteiger partial charge in [0.1, 0.15) is 0 Å². The van der Waals surface area contributed by atoms with Gasteiger partial charge < -0.3 is 20.3 Å². The van der Waals surface area contributed by atoms with Crippen LogP contribution < -0.4 is 15.5 Å². The third-order valence-electron chi connectivity index (χ3n) is 3.42. The van der Waals surface area contributed by atoms with Crippen LogP contribution in [0.25, 0.3) is 0 Å². The normalized spacial score (nSPS) is 21.8. The van der Waals surface area contributed by atoms with Crippen molar-refractivity contribution in [2.45, 2.75) is 13.0 Å². The van der Waals surface area contributed by atoms with E-state index in [1.807, 2.05) is 32.0 Å².